The fourth-order valence-electron chi connectivity index (χ4n) is 1.93. The molecule has 0 heterocycles. The van der Waals surface area contributed by atoms with Crippen LogP contribution in [0.3, 0.4) is 0 Å². The molecule has 0 aliphatic heterocycles. The molecule has 0 bridgehead atoms. The molecule has 132 valence electrons. The highest BCUT2D eigenvalue weighted by Crippen LogP contribution is 2.36. The Labute approximate surface area is 144 Å². The van der Waals surface area contributed by atoms with Gasteiger partial charge in [0, 0.05) is 5.69 Å². The van der Waals surface area contributed by atoms with E-state index in [2.05, 4.69) is 10.6 Å². The van der Waals surface area contributed by atoms with Crippen LogP contribution in [0, 0.1) is 5.82 Å². The molecule has 4 nitrogen and oxygen atoms in total. The van der Waals surface area contributed by atoms with Gasteiger partial charge in [-0.1, -0.05) is 23.7 Å². The number of amides is 2. The van der Waals surface area contributed by atoms with Gasteiger partial charge in [0.25, 0.3) is 5.91 Å². The van der Waals surface area contributed by atoms with E-state index in [9.17, 15) is 27.2 Å². The average molecular weight is 375 g/mol. The molecule has 25 heavy (non-hydrogen) atoms. The van der Waals surface area contributed by atoms with Gasteiger partial charge in [-0.15, -0.1) is 0 Å². The average Bonchev–Trinajstić information content (AvgIpc) is 2.54. The third kappa shape index (κ3) is 4.93. The predicted octanol–water partition coefficient (Wildman–Crippen LogP) is 3.87. The van der Waals surface area contributed by atoms with Gasteiger partial charge in [0.15, 0.2) is 0 Å². The number of hydrogen-bond acceptors (Lipinski definition) is 2. The lowest BCUT2D eigenvalue weighted by molar-refractivity contribution is -0.137. The number of benzene rings is 2. The molecule has 0 aliphatic carbocycles. The second kappa shape index (κ2) is 7.52. The molecule has 0 atom stereocenters. The van der Waals surface area contributed by atoms with Gasteiger partial charge >= 0.3 is 6.18 Å². The van der Waals surface area contributed by atoms with Crippen LogP contribution in [0.1, 0.15) is 15.9 Å². The van der Waals surface area contributed by atoms with Crippen LogP contribution < -0.4 is 10.6 Å². The second-order valence-corrected chi connectivity index (χ2v) is 5.31. The molecule has 0 saturated heterocycles. The number of nitrogens with one attached hydrogen (secondary N) is 2. The van der Waals surface area contributed by atoms with E-state index in [1.807, 2.05) is 0 Å². The Hall–Kier alpha value is -2.61. The largest absolute Gasteiger partial charge is 0.417 e. The first kappa shape index (κ1) is 18.7. The highest BCUT2D eigenvalue weighted by molar-refractivity contribution is 6.31. The number of hydrogen-bond donors (Lipinski definition) is 2. The van der Waals surface area contributed by atoms with E-state index in [0.29, 0.717) is 6.07 Å². The SMILES string of the molecule is O=C(CNC(=O)c1ccccc1F)Nc1ccc(Cl)c(C(F)(F)F)c1. The Kier molecular flexibility index (Phi) is 5.63. The third-order valence-electron chi connectivity index (χ3n) is 3.08. The van der Waals surface area contributed by atoms with Crippen LogP contribution in [-0.2, 0) is 11.0 Å². The second-order valence-electron chi connectivity index (χ2n) is 4.90. The van der Waals surface area contributed by atoms with E-state index in [4.69, 9.17) is 11.6 Å². The molecule has 0 fully saturated rings. The van der Waals surface area contributed by atoms with Gasteiger partial charge in [-0.3, -0.25) is 9.59 Å². The van der Waals surface area contributed by atoms with Gasteiger partial charge in [-0.05, 0) is 30.3 Å². The van der Waals surface area contributed by atoms with Crippen LogP contribution >= 0.6 is 11.6 Å². The standard InChI is InChI=1S/C16H11ClF4N2O2/c17-12-6-5-9(7-11(12)16(19,20)21)23-14(24)8-22-15(25)10-3-1-2-4-13(10)18/h1-7H,8H2,(H,22,25)(H,23,24). The first-order valence-electron chi connectivity index (χ1n) is 6.88. The molecule has 0 aliphatic rings. The molecule has 0 spiro atoms. The summed E-state index contributed by atoms with van der Waals surface area (Å²) in [6.45, 7) is -0.544. The van der Waals surface area contributed by atoms with E-state index in [0.717, 1.165) is 12.1 Å². The van der Waals surface area contributed by atoms with Gasteiger partial charge < -0.3 is 10.6 Å². The summed E-state index contributed by atoms with van der Waals surface area (Å²) in [5.74, 6) is -2.35. The fraction of sp³-hybridized carbons (Fsp3) is 0.125. The maximum atomic E-state index is 13.4. The summed E-state index contributed by atoms with van der Waals surface area (Å²) in [6.07, 6.45) is -4.67. The first-order chi connectivity index (χ1) is 11.7. The number of anilines is 1. The maximum absolute atomic E-state index is 13.4. The predicted molar refractivity (Wildman–Crippen MR) is 83.8 cm³/mol. The lowest BCUT2D eigenvalue weighted by Gasteiger charge is -2.12. The molecule has 2 aromatic carbocycles. The van der Waals surface area contributed by atoms with Crippen molar-refractivity contribution in [3.63, 3.8) is 0 Å². The quantitative estimate of drug-likeness (QED) is 0.798. The summed E-state index contributed by atoms with van der Waals surface area (Å²) in [5, 5.41) is 3.87. The van der Waals surface area contributed by atoms with Gasteiger partial charge in [0.2, 0.25) is 5.91 Å². The topological polar surface area (TPSA) is 58.2 Å². The van der Waals surface area contributed by atoms with Gasteiger partial charge in [0.05, 0.1) is 22.7 Å². The molecule has 9 heteroatoms. The van der Waals surface area contributed by atoms with Gasteiger partial charge in [0.1, 0.15) is 5.82 Å². The van der Waals surface area contributed by atoms with E-state index >= 15 is 0 Å². The molecule has 2 N–H and O–H groups in total. The lowest BCUT2D eigenvalue weighted by Crippen LogP contribution is -2.33. The zero-order valence-electron chi connectivity index (χ0n) is 12.5. The molecule has 0 aromatic heterocycles. The summed E-state index contributed by atoms with van der Waals surface area (Å²) in [6, 6.07) is 8.03. The highest BCUT2D eigenvalue weighted by atomic mass is 35.5. The van der Waals surface area contributed by atoms with Crippen LogP contribution in [0.5, 0.6) is 0 Å². The molecule has 0 radical (unpaired) electrons. The van der Waals surface area contributed by atoms with Gasteiger partial charge in [-0.2, -0.15) is 13.2 Å². The van der Waals surface area contributed by atoms with Crippen LogP contribution in [0.15, 0.2) is 42.5 Å². The zero-order chi connectivity index (χ0) is 18.6. The number of carbonyl (C=O) groups is 2. The summed E-state index contributed by atoms with van der Waals surface area (Å²) in [4.78, 5) is 23.5. The van der Waals surface area contributed by atoms with Crippen molar-refractivity contribution in [3.8, 4) is 0 Å². The molecule has 2 aromatic rings. The first-order valence-corrected chi connectivity index (χ1v) is 7.25. The fourth-order valence-corrected chi connectivity index (χ4v) is 2.15. The lowest BCUT2D eigenvalue weighted by atomic mass is 10.2. The minimum Gasteiger partial charge on any atom is -0.343 e. The summed E-state index contributed by atoms with van der Waals surface area (Å²) < 4.78 is 51.7. The number of alkyl halides is 3. The van der Waals surface area contributed by atoms with Crippen molar-refractivity contribution in [3.05, 3.63) is 64.4 Å². The summed E-state index contributed by atoms with van der Waals surface area (Å²) in [7, 11) is 0. The number of carbonyl (C=O) groups excluding carboxylic acids is 2. The van der Waals surface area contributed by atoms with Crippen LogP contribution in [0.2, 0.25) is 5.02 Å². The highest BCUT2D eigenvalue weighted by Gasteiger charge is 2.33. The maximum Gasteiger partial charge on any atom is 0.417 e. The zero-order valence-corrected chi connectivity index (χ0v) is 13.2. The molecule has 2 rings (SSSR count). The van der Waals surface area contributed by atoms with Crippen molar-refractivity contribution < 1.29 is 27.2 Å². The summed E-state index contributed by atoms with van der Waals surface area (Å²) in [5.41, 5.74) is -1.48. The Morgan fingerprint density at radius 2 is 1.76 bits per heavy atom. The van der Waals surface area contributed by atoms with Crippen LogP contribution in [-0.4, -0.2) is 18.4 Å². The van der Waals surface area contributed by atoms with E-state index in [1.165, 1.54) is 24.3 Å². The Morgan fingerprint density at radius 1 is 1.08 bits per heavy atom. The van der Waals surface area contributed by atoms with Crippen molar-refractivity contribution in [1.29, 1.82) is 0 Å². The van der Waals surface area contributed by atoms with Gasteiger partial charge in [-0.25, -0.2) is 4.39 Å². The van der Waals surface area contributed by atoms with Crippen LogP contribution in [0.25, 0.3) is 0 Å². The smallest absolute Gasteiger partial charge is 0.343 e. The third-order valence-corrected chi connectivity index (χ3v) is 3.41. The molecule has 0 saturated carbocycles. The Morgan fingerprint density at radius 3 is 2.40 bits per heavy atom. The van der Waals surface area contributed by atoms with E-state index in [1.54, 1.807) is 0 Å². The molecular formula is C16H11ClF4N2O2. The van der Waals surface area contributed by atoms with Crippen molar-refractivity contribution in [2.75, 3.05) is 11.9 Å². The van der Waals surface area contributed by atoms with Crippen molar-refractivity contribution in [2.45, 2.75) is 6.18 Å². The summed E-state index contributed by atoms with van der Waals surface area (Å²) >= 11 is 5.48. The monoisotopic (exact) mass is 374 g/mol. The molecule has 2 amide bonds. The van der Waals surface area contributed by atoms with Crippen LogP contribution in [0.4, 0.5) is 23.2 Å². The van der Waals surface area contributed by atoms with E-state index < -0.39 is 40.9 Å². The number of halogens is 5. The molecule has 0 unspecified atom stereocenters. The Bertz CT molecular complexity index is 809. The van der Waals surface area contributed by atoms with Crippen molar-refractivity contribution in [1.82, 2.24) is 5.32 Å². The van der Waals surface area contributed by atoms with E-state index in [-0.39, 0.29) is 11.3 Å². The minimum absolute atomic E-state index is 0.137. The van der Waals surface area contributed by atoms with Crippen molar-refractivity contribution >= 4 is 29.1 Å². The number of rotatable bonds is 4. The molecular weight excluding hydrogens is 364 g/mol. The van der Waals surface area contributed by atoms with Crippen molar-refractivity contribution in [2.24, 2.45) is 0 Å². The normalized spacial score (nSPS) is 11.1. The minimum atomic E-state index is -4.67. The Balaban J connectivity index is 1.99.